The van der Waals surface area contributed by atoms with E-state index in [0.717, 1.165) is 39.2 Å². The van der Waals surface area contributed by atoms with E-state index in [4.69, 9.17) is 9.97 Å². The van der Waals surface area contributed by atoms with Gasteiger partial charge in [-0.25, -0.2) is 9.97 Å². The van der Waals surface area contributed by atoms with Crippen LogP contribution in [0.15, 0.2) is 206 Å². The molecule has 55 heavy (non-hydrogen) atoms. The Hall–Kier alpha value is -6.94. The van der Waals surface area contributed by atoms with Gasteiger partial charge in [0, 0.05) is 36.9 Å². The third kappa shape index (κ3) is 6.31. The van der Waals surface area contributed by atoms with E-state index in [1.54, 1.807) is 0 Å². The van der Waals surface area contributed by atoms with Gasteiger partial charge >= 0.3 is 0 Å². The highest BCUT2D eigenvalue weighted by atomic mass is 32.1. The highest BCUT2D eigenvalue weighted by molar-refractivity contribution is 7.26. The van der Waals surface area contributed by atoms with Gasteiger partial charge in [-0.1, -0.05) is 170 Å². The van der Waals surface area contributed by atoms with Crippen LogP contribution in [0.25, 0.3) is 98.6 Å². The molecule has 0 N–H and O–H groups in total. The van der Waals surface area contributed by atoms with Crippen molar-refractivity contribution in [3.8, 4) is 78.4 Å². The lowest BCUT2D eigenvalue weighted by atomic mass is 9.89. The van der Waals surface area contributed by atoms with E-state index in [2.05, 4.69) is 182 Å². The van der Waals surface area contributed by atoms with Crippen LogP contribution in [0.3, 0.4) is 0 Å². The van der Waals surface area contributed by atoms with Crippen molar-refractivity contribution in [2.75, 3.05) is 0 Å². The maximum absolute atomic E-state index is 5.28. The van der Waals surface area contributed by atoms with Gasteiger partial charge in [-0.05, 0) is 80.9 Å². The highest BCUT2D eigenvalue weighted by Crippen LogP contribution is 2.43. The second kappa shape index (κ2) is 14.1. The molecule has 0 amide bonds. The minimum Gasteiger partial charge on any atom is -0.228 e. The number of rotatable bonds is 7. The Morgan fingerprint density at radius 1 is 0.291 bits per heavy atom. The molecule has 0 aliphatic carbocycles. The van der Waals surface area contributed by atoms with Gasteiger partial charge in [0.05, 0.1) is 11.4 Å². The molecule has 0 saturated heterocycles. The van der Waals surface area contributed by atoms with Crippen LogP contribution >= 0.6 is 11.3 Å². The summed E-state index contributed by atoms with van der Waals surface area (Å²) in [4.78, 5) is 10.4. The van der Waals surface area contributed by atoms with Gasteiger partial charge in [-0.2, -0.15) is 0 Å². The maximum Gasteiger partial charge on any atom is 0.160 e. The smallest absolute Gasteiger partial charge is 0.160 e. The van der Waals surface area contributed by atoms with Crippen molar-refractivity contribution in [1.82, 2.24) is 9.97 Å². The van der Waals surface area contributed by atoms with Crippen LogP contribution in [0, 0.1) is 0 Å². The Bertz CT molecular complexity index is 2910. The third-order valence-corrected chi connectivity index (χ3v) is 11.5. The molecule has 2 aromatic heterocycles. The predicted molar refractivity (Wildman–Crippen MR) is 233 cm³/mol. The first kappa shape index (κ1) is 32.7. The molecule has 0 fully saturated rings. The highest BCUT2D eigenvalue weighted by Gasteiger charge is 2.17. The van der Waals surface area contributed by atoms with Crippen LogP contribution in [0.4, 0.5) is 0 Å². The molecule has 0 bridgehead atoms. The van der Waals surface area contributed by atoms with Crippen molar-refractivity contribution in [1.29, 1.82) is 0 Å². The van der Waals surface area contributed by atoms with Crippen molar-refractivity contribution < 1.29 is 0 Å². The Morgan fingerprint density at radius 2 is 0.764 bits per heavy atom. The molecule has 3 heteroatoms. The molecular weight excluding hydrogens is 685 g/mol. The molecule has 0 radical (unpaired) electrons. The topological polar surface area (TPSA) is 25.8 Å². The lowest BCUT2D eigenvalue weighted by Gasteiger charge is -2.16. The Kier molecular flexibility index (Phi) is 8.40. The van der Waals surface area contributed by atoms with Gasteiger partial charge < -0.3 is 0 Å². The first-order valence-electron chi connectivity index (χ1n) is 18.6. The van der Waals surface area contributed by atoms with E-state index in [0.29, 0.717) is 5.82 Å². The van der Waals surface area contributed by atoms with Crippen LogP contribution in [0.5, 0.6) is 0 Å². The number of thiophene rings is 1. The van der Waals surface area contributed by atoms with E-state index < -0.39 is 0 Å². The number of nitrogens with zero attached hydrogens (tertiary/aromatic N) is 2. The van der Waals surface area contributed by atoms with Gasteiger partial charge in [0.25, 0.3) is 0 Å². The fraction of sp³-hybridized carbons (Fsp3) is 0. The van der Waals surface area contributed by atoms with Gasteiger partial charge in [0.2, 0.25) is 0 Å². The molecular formula is C52H34N2S. The van der Waals surface area contributed by atoms with Crippen LogP contribution in [0.1, 0.15) is 0 Å². The van der Waals surface area contributed by atoms with Gasteiger partial charge in [0.1, 0.15) is 0 Å². The van der Waals surface area contributed by atoms with Crippen LogP contribution < -0.4 is 0 Å². The zero-order chi connectivity index (χ0) is 36.6. The van der Waals surface area contributed by atoms with Gasteiger partial charge in [0.15, 0.2) is 5.82 Å². The zero-order valence-corrected chi connectivity index (χ0v) is 30.7. The number of benzene rings is 8. The summed E-state index contributed by atoms with van der Waals surface area (Å²) in [6.45, 7) is 0. The average Bonchev–Trinajstić information content (AvgIpc) is 3.66. The second-order valence-electron chi connectivity index (χ2n) is 13.8. The molecule has 0 spiro atoms. The fourth-order valence-corrected chi connectivity index (χ4v) is 8.85. The second-order valence-corrected chi connectivity index (χ2v) is 14.8. The van der Waals surface area contributed by atoms with E-state index in [1.165, 1.54) is 53.6 Å². The molecule has 0 atom stereocenters. The van der Waals surface area contributed by atoms with Crippen LogP contribution in [-0.4, -0.2) is 9.97 Å². The third-order valence-electron chi connectivity index (χ3n) is 10.3. The summed E-state index contributed by atoms with van der Waals surface area (Å²) >= 11 is 1.86. The number of aromatic nitrogens is 2. The SMILES string of the molecule is c1ccc(-c2cccc(-c3ccccc3-c3cc(-c4cc(-c5ccccc5)nc(-c5ccccc5)n4)cc(-c4cccc5c4sc4ccccc45)c3)c2)cc1. The zero-order valence-electron chi connectivity index (χ0n) is 29.9. The first-order chi connectivity index (χ1) is 27.2. The van der Waals surface area contributed by atoms with Crippen molar-refractivity contribution in [2.24, 2.45) is 0 Å². The monoisotopic (exact) mass is 718 g/mol. The largest absolute Gasteiger partial charge is 0.228 e. The van der Waals surface area contributed by atoms with E-state index in [-0.39, 0.29) is 0 Å². The fourth-order valence-electron chi connectivity index (χ4n) is 7.61. The first-order valence-corrected chi connectivity index (χ1v) is 19.4. The number of hydrogen-bond donors (Lipinski definition) is 0. The van der Waals surface area contributed by atoms with E-state index >= 15 is 0 Å². The van der Waals surface area contributed by atoms with Crippen molar-refractivity contribution in [3.05, 3.63) is 206 Å². The average molecular weight is 719 g/mol. The molecule has 2 heterocycles. The van der Waals surface area contributed by atoms with Crippen molar-refractivity contribution in [3.63, 3.8) is 0 Å². The Labute approximate surface area is 324 Å². The summed E-state index contributed by atoms with van der Waals surface area (Å²) < 4.78 is 2.58. The van der Waals surface area contributed by atoms with Crippen molar-refractivity contribution >= 4 is 31.5 Å². The molecule has 8 aromatic carbocycles. The summed E-state index contributed by atoms with van der Waals surface area (Å²) in [6, 6.07) is 73.5. The standard InChI is InChI=1S/C52H34N2S/c1-4-16-35(17-5-1)38-22-14-23-39(30-38)43-24-10-11-25-44(43)40-31-41(45-27-15-28-47-46-26-12-13-29-50(46)55-51(45)47)33-42(32-40)49-34-48(36-18-6-2-7-19-36)53-52(54-49)37-20-8-3-9-21-37/h1-34H. The Morgan fingerprint density at radius 3 is 1.51 bits per heavy atom. The quantitative estimate of drug-likeness (QED) is 0.164. The van der Waals surface area contributed by atoms with E-state index in [9.17, 15) is 0 Å². The summed E-state index contributed by atoms with van der Waals surface area (Å²) in [6.07, 6.45) is 0. The Balaban J connectivity index is 1.22. The van der Waals surface area contributed by atoms with Crippen LogP contribution in [0.2, 0.25) is 0 Å². The van der Waals surface area contributed by atoms with Crippen LogP contribution in [-0.2, 0) is 0 Å². The predicted octanol–water partition coefficient (Wildman–Crippen LogP) is 14.5. The molecule has 0 aliphatic rings. The summed E-state index contributed by atoms with van der Waals surface area (Å²) in [5.74, 6) is 0.702. The lowest BCUT2D eigenvalue weighted by Crippen LogP contribution is -1.96. The molecule has 258 valence electrons. The molecule has 2 nitrogen and oxygen atoms in total. The molecule has 0 unspecified atom stereocenters. The summed E-state index contributed by atoms with van der Waals surface area (Å²) in [7, 11) is 0. The molecule has 0 aliphatic heterocycles. The van der Waals surface area contributed by atoms with Gasteiger partial charge in [-0.3, -0.25) is 0 Å². The van der Waals surface area contributed by atoms with Crippen molar-refractivity contribution in [2.45, 2.75) is 0 Å². The normalized spacial score (nSPS) is 11.3. The summed E-state index contributed by atoms with van der Waals surface area (Å²) in [5.41, 5.74) is 14.3. The summed E-state index contributed by atoms with van der Waals surface area (Å²) in [5, 5.41) is 2.57. The number of fused-ring (bicyclic) bond motifs is 3. The molecule has 10 aromatic rings. The molecule has 10 rings (SSSR count). The van der Waals surface area contributed by atoms with Gasteiger partial charge in [-0.15, -0.1) is 11.3 Å². The number of hydrogen-bond acceptors (Lipinski definition) is 3. The van der Waals surface area contributed by atoms with E-state index in [1.807, 2.05) is 35.6 Å². The molecule has 0 saturated carbocycles. The minimum atomic E-state index is 0.702. The lowest BCUT2D eigenvalue weighted by molar-refractivity contribution is 1.18. The maximum atomic E-state index is 5.28. The minimum absolute atomic E-state index is 0.702.